The molecule has 5 nitrogen and oxygen atoms in total. The van der Waals surface area contributed by atoms with Crippen molar-refractivity contribution >= 4 is 17.0 Å². The fourth-order valence-corrected chi connectivity index (χ4v) is 1.54. The van der Waals surface area contributed by atoms with E-state index in [-0.39, 0.29) is 0 Å². The fourth-order valence-electron chi connectivity index (χ4n) is 1.54. The van der Waals surface area contributed by atoms with Crippen LogP contribution in [-0.2, 0) is 0 Å². The van der Waals surface area contributed by atoms with Crippen LogP contribution in [0.5, 0.6) is 0 Å². The van der Waals surface area contributed by atoms with Gasteiger partial charge in [0, 0.05) is 11.8 Å². The predicted molar refractivity (Wildman–Crippen MR) is 76.9 cm³/mol. The van der Waals surface area contributed by atoms with Crippen LogP contribution < -0.4 is 5.73 Å². The number of nitrogen functional groups attached to an aromatic ring is 1. The average molecular weight is 253 g/mol. The minimum absolute atomic E-state index is 0.414. The van der Waals surface area contributed by atoms with E-state index < -0.39 is 0 Å². The molecule has 2 rings (SSSR count). The van der Waals surface area contributed by atoms with Crippen LogP contribution in [0.15, 0.2) is 49.3 Å². The Morgan fingerprint density at radius 2 is 2.16 bits per heavy atom. The summed E-state index contributed by atoms with van der Waals surface area (Å²) in [7, 11) is 0. The summed E-state index contributed by atoms with van der Waals surface area (Å²) < 4.78 is 0. The van der Waals surface area contributed by atoms with Crippen molar-refractivity contribution < 1.29 is 0 Å². The van der Waals surface area contributed by atoms with Gasteiger partial charge in [0.05, 0.1) is 11.9 Å². The summed E-state index contributed by atoms with van der Waals surface area (Å²) in [5, 5.41) is 14.5. The quantitative estimate of drug-likeness (QED) is 0.820. The molecule has 0 bridgehead atoms. The number of H-pyrrole nitrogens is 1. The van der Waals surface area contributed by atoms with Gasteiger partial charge in [-0.25, -0.2) is 0 Å². The summed E-state index contributed by atoms with van der Waals surface area (Å²) in [5.41, 5.74) is 9.27. The first-order valence-corrected chi connectivity index (χ1v) is 5.80. The maximum atomic E-state index is 5.51. The molecule has 3 N–H and O–H groups in total. The zero-order chi connectivity index (χ0) is 13.7. The van der Waals surface area contributed by atoms with Crippen LogP contribution in [0.1, 0.15) is 18.2 Å². The summed E-state index contributed by atoms with van der Waals surface area (Å²) in [6.45, 7) is 5.76. The van der Waals surface area contributed by atoms with Crippen LogP contribution in [0, 0.1) is 0 Å². The Morgan fingerprint density at radius 3 is 2.74 bits per heavy atom. The molecule has 19 heavy (non-hydrogen) atoms. The molecule has 0 radical (unpaired) electrons. The van der Waals surface area contributed by atoms with Gasteiger partial charge in [-0.15, -0.1) is 10.2 Å². The van der Waals surface area contributed by atoms with E-state index in [1.165, 1.54) is 0 Å². The molecule has 0 saturated heterocycles. The molecule has 0 unspecified atom stereocenters. The minimum Gasteiger partial charge on any atom is -0.382 e. The Hall–Kier alpha value is -2.69. The highest BCUT2D eigenvalue weighted by molar-refractivity contribution is 5.76. The van der Waals surface area contributed by atoms with E-state index in [4.69, 9.17) is 5.73 Å². The van der Waals surface area contributed by atoms with Crippen molar-refractivity contribution in [3.8, 4) is 0 Å². The number of anilines is 1. The van der Waals surface area contributed by atoms with E-state index in [0.717, 1.165) is 22.4 Å². The predicted octanol–water partition coefficient (Wildman–Crippen LogP) is 2.45. The first kappa shape index (κ1) is 12.8. The second-order valence-corrected chi connectivity index (χ2v) is 4.01. The third kappa shape index (κ3) is 3.16. The van der Waals surface area contributed by atoms with Crippen LogP contribution in [0.2, 0.25) is 0 Å². The first-order chi connectivity index (χ1) is 9.20. The molecule has 0 aliphatic carbocycles. The Labute approximate surface area is 111 Å². The second kappa shape index (κ2) is 5.77. The average Bonchev–Trinajstić information content (AvgIpc) is 2.94. The van der Waals surface area contributed by atoms with Gasteiger partial charge < -0.3 is 5.73 Å². The van der Waals surface area contributed by atoms with E-state index >= 15 is 0 Å². The Balaban J connectivity index is 2.25. The maximum absolute atomic E-state index is 5.51. The fraction of sp³-hybridized carbons (Fsp3) is 0.0714. The Kier molecular flexibility index (Phi) is 3.87. The molecule has 96 valence electrons. The van der Waals surface area contributed by atoms with Gasteiger partial charge >= 0.3 is 0 Å². The van der Waals surface area contributed by atoms with E-state index in [0.29, 0.717) is 5.82 Å². The molecule has 0 fully saturated rings. The molecule has 0 aliphatic rings. The van der Waals surface area contributed by atoms with Crippen molar-refractivity contribution in [2.24, 2.45) is 0 Å². The molecular weight excluding hydrogens is 238 g/mol. The minimum atomic E-state index is 0.414. The summed E-state index contributed by atoms with van der Waals surface area (Å²) in [4.78, 5) is 0. The normalized spacial score (nSPS) is 12.5. The van der Waals surface area contributed by atoms with Gasteiger partial charge in [-0.3, -0.25) is 5.10 Å². The van der Waals surface area contributed by atoms with Gasteiger partial charge in [0.1, 0.15) is 5.82 Å². The molecule has 5 heteroatoms. The number of nitrogens with zero attached hydrogens (tertiary/aromatic N) is 3. The summed E-state index contributed by atoms with van der Waals surface area (Å²) >= 11 is 0. The number of hydrogen-bond donors (Lipinski definition) is 2. The zero-order valence-corrected chi connectivity index (χ0v) is 10.7. The topological polar surface area (TPSA) is 80.5 Å². The third-order valence-electron chi connectivity index (χ3n) is 2.65. The lowest BCUT2D eigenvalue weighted by Gasteiger charge is -1.99. The van der Waals surface area contributed by atoms with E-state index in [1.54, 1.807) is 18.3 Å². The van der Waals surface area contributed by atoms with Crippen molar-refractivity contribution in [3.63, 3.8) is 0 Å². The van der Waals surface area contributed by atoms with Gasteiger partial charge in [0.2, 0.25) is 0 Å². The first-order valence-electron chi connectivity index (χ1n) is 5.80. The van der Waals surface area contributed by atoms with Crippen molar-refractivity contribution in [1.82, 2.24) is 20.4 Å². The van der Waals surface area contributed by atoms with Crippen molar-refractivity contribution in [2.75, 3.05) is 5.73 Å². The van der Waals surface area contributed by atoms with Crippen LogP contribution >= 0.6 is 0 Å². The highest BCUT2D eigenvalue weighted by Gasteiger charge is 1.99. The largest absolute Gasteiger partial charge is 0.382 e. The van der Waals surface area contributed by atoms with Crippen molar-refractivity contribution in [3.05, 3.63) is 60.6 Å². The molecule has 0 aliphatic heterocycles. The lowest BCUT2D eigenvalue weighted by atomic mass is 10.1. The van der Waals surface area contributed by atoms with Gasteiger partial charge in [-0.05, 0) is 30.2 Å². The van der Waals surface area contributed by atoms with Crippen LogP contribution in [0.25, 0.3) is 11.1 Å². The van der Waals surface area contributed by atoms with Crippen LogP contribution in [0.3, 0.4) is 0 Å². The highest BCUT2D eigenvalue weighted by Crippen LogP contribution is 2.16. The summed E-state index contributed by atoms with van der Waals surface area (Å²) in [6, 6.07) is 3.57. The number of hydrogen-bond acceptors (Lipinski definition) is 4. The lowest BCUT2D eigenvalue weighted by Crippen LogP contribution is -1.95. The SMILES string of the molecule is C=C/C(=C\C=C(/C)c1ccc(N)nn1)c1cn[nH]c1. The van der Waals surface area contributed by atoms with Crippen molar-refractivity contribution in [2.45, 2.75) is 6.92 Å². The third-order valence-corrected chi connectivity index (χ3v) is 2.65. The molecule has 2 heterocycles. The summed E-state index contributed by atoms with van der Waals surface area (Å²) in [5.74, 6) is 0.414. The smallest absolute Gasteiger partial charge is 0.146 e. The van der Waals surface area contributed by atoms with Crippen LogP contribution in [0.4, 0.5) is 5.82 Å². The number of nitrogens with two attached hydrogens (primary N) is 1. The lowest BCUT2D eigenvalue weighted by molar-refractivity contribution is 1.02. The number of rotatable bonds is 4. The van der Waals surface area contributed by atoms with E-state index in [1.807, 2.05) is 31.3 Å². The Morgan fingerprint density at radius 1 is 1.32 bits per heavy atom. The molecule has 2 aromatic rings. The molecule has 0 amide bonds. The Bertz CT molecular complexity index is 606. The maximum Gasteiger partial charge on any atom is 0.146 e. The molecule has 2 aromatic heterocycles. The number of nitrogens with one attached hydrogen (secondary N) is 1. The molecule has 0 aromatic carbocycles. The highest BCUT2D eigenvalue weighted by atomic mass is 15.1. The zero-order valence-electron chi connectivity index (χ0n) is 10.7. The van der Waals surface area contributed by atoms with Gasteiger partial charge in [-0.1, -0.05) is 24.8 Å². The van der Waals surface area contributed by atoms with Gasteiger partial charge in [0.25, 0.3) is 0 Å². The van der Waals surface area contributed by atoms with Gasteiger partial charge in [-0.2, -0.15) is 5.10 Å². The van der Waals surface area contributed by atoms with Gasteiger partial charge in [0.15, 0.2) is 0 Å². The number of allylic oxidation sites excluding steroid dienone is 5. The number of aromatic nitrogens is 4. The molecule has 0 spiro atoms. The monoisotopic (exact) mass is 253 g/mol. The van der Waals surface area contributed by atoms with Crippen LogP contribution in [-0.4, -0.2) is 20.4 Å². The number of aromatic amines is 1. The second-order valence-electron chi connectivity index (χ2n) is 4.01. The summed E-state index contributed by atoms with van der Waals surface area (Å²) in [6.07, 6.45) is 9.28. The molecule has 0 saturated carbocycles. The van der Waals surface area contributed by atoms with E-state index in [2.05, 4.69) is 27.0 Å². The van der Waals surface area contributed by atoms with Crippen molar-refractivity contribution in [1.29, 1.82) is 0 Å². The van der Waals surface area contributed by atoms with E-state index in [9.17, 15) is 0 Å². The molecule has 0 atom stereocenters. The molecular formula is C14H15N5. The standard InChI is InChI=1S/C14H15N5/c1-3-11(12-8-16-17-9-12)5-4-10(2)13-6-7-14(15)19-18-13/h3-9H,1H2,2H3,(H2,15,19)(H,16,17)/b10-4+,11-5+.